The molecule has 0 radical (unpaired) electrons. The fraction of sp³-hybridized carbons (Fsp3) is 0.368. The number of hydrogen-bond acceptors (Lipinski definition) is 2. The Balaban J connectivity index is 1.51. The second-order valence-electron chi connectivity index (χ2n) is 6.59. The van der Waals surface area contributed by atoms with E-state index in [0.29, 0.717) is 43.3 Å². The van der Waals surface area contributed by atoms with Crippen molar-refractivity contribution in [3.05, 3.63) is 52.3 Å². The lowest BCUT2D eigenvalue weighted by atomic mass is 10.1. The van der Waals surface area contributed by atoms with Crippen molar-refractivity contribution in [2.75, 3.05) is 31.5 Å². The smallest absolute Gasteiger partial charge is 0.321 e. The summed E-state index contributed by atoms with van der Waals surface area (Å²) in [5.41, 5.74) is 3.80. The number of piperazine rings is 1. The van der Waals surface area contributed by atoms with Gasteiger partial charge in [-0.1, -0.05) is 17.7 Å². The molecule has 1 saturated heterocycles. The van der Waals surface area contributed by atoms with Crippen LogP contribution in [0.1, 0.15) is 17.0 Å². The van der Waals surface area contributed by atoms with Crippen LogP contribution in [0.15, 0.2) is 30.3 Å². The second kappa shape index (κ2) is 7.83. The van der Waals surface area contributed by atoms with Gasteiger partial charge >= 0.3 is 6.03 Å². The third-order valence-corrected chi connectivity index (χ3v) is 4.83. The van der Waals surface area contributed by atoms with Gasteiger partial charge in [-0.05, 0) is 43.7 Å². The van der Waals surface area contributed by atoms with E-state index in [1.54, 1.807) is 29.2 Å². The number of H-pyrrole nitrogens is 1. The number of halogens is 1. The average molecular weight is 375 g/mol. The van der Waals surface area contributed by atoms with Crippen LogP contribution in [0.25, 0.3) is 0 Å². The van der Waals surface area contributed by atoms with Gasteiger partial charge in [-0.3, -0.25) is 4.79 Å². The third-order valence-electron chi connectivity index (χ3n) is 4.59. The number of carbonyl (C=O) groups excluding carboxylic acids is 2. The van der Waals surface area contributed by atoms with Crippen molar-refractivity contribution >= 4 is 29.2 Å². The molecule has 1 aliphatic heterocycles. The molecule has 0 bridgehead atoms. The molecule has 1 aliphatic rings. The first-order chi connectivity index (χ1) is 12.4. The van der Waals surface area contributed by atoms with Crippen LogP contribution in [0, 0.1) is 13.8 Å². The minimum Gasteiger partial charge on any atom is -0.362 e. The van der Waals surface area contributed by atoms with Gasteiger partial charge in [0, 0.05) is 48.3 Å². The van der Waals surface area contributed by atoms with Crippen molar-refractivity contribution in [2.24, 2.45) is 0 Å². The predicted octanol–water partition coefficient (Wildman–Crippen LogP) is 3.20. The summed E-state index contributed by atoms with van der Waals surface area (Å²) in [7, 11) is 0. The Bertz CT molecular complexity index is 810. The van der Waals surface area contributed by atoms with E-state index in [1.807, 2.05) is 24.8 Å². The quantitative estimate of drug-likeness (QED) is 0.866. The van der Waals surface area contributed by atoms with Crippen LogP contribution in [0.2, 0.25) is 5.02 Å². The van der Waals surface area contributed by atoms with E-state index in [1.165, 1.54) is 0 Å². The van der Waals surface area contributed by atoms with Crippen LogP contribution in [0.3, 0.4) is 0 Å². The van der Waals surface area contributed by atoms with Crippen molar-refractivity contribution < 1.29 is 9.59 Å². The molecular formula is C19H23ClN4O2. The van der Waals surface area contributed by atoms with E-state index >= 15 is 0 Å². The van der Waals surface area contributed by atoms with Crippen LogP contribution in [0.5, 0.6) is 0 Å². The van der Waals surface area contributed by atoms with Crippen molar-refractivity contribution in [1.82, 2.24) is 14.8 Å². The molecule has 3 rings (SSSR count). The fourth-order valence-electron chi connectivity index (χ4n) is 3.17. The van der Waals surface area contributed by atoms with E-state index in [9.17, 15) is 9.59 Å². The molecule has 1 aromatic heterocycles. The summed E-state index contributed by atoms with van der Waals surface area (Å²) in [4.78, 5) is 31.6. The average Bonchev–Trinajstić information content (AvgIpc) is 2.92. The SMILES string of the molecule is Cc1cc(CC(=O)N2CCN(C(=O)Nc3cccc(Cl)c3)CC2)c(C)[nH]1. The molecule has 2 N–H and O–H groups in total. The van der Waals surface area contributed by atoms with Gasteiger partial charge in [0.15, 0.2) is 0 Å². The highest BCUT2D eigenvalue weighted by molar-refractivity contribution is 6.30. The van der Waals surface area contributed by atoms with Crippen molar-refractivity contribution in [3.63, 3.8) is 0 Å². The molecule has 1 fully saturated rings. The van der Waals surface area contributed by atoms with Gasteiger partial charge in [0.25, 0.3) is 0 Å². The fourth-order valence-corrected chi connectivity index (χ4v) is 3.36. The molecule has 2 heterocycles. The Labute approximate surface area is 158 Å². The third kappa shape index (κ3) is 4.38. The number of rotatable bonds is 3. The number of aromatic nitrogens is 1. The Hall–Kier alpha value is -2.47. The molecule has 0 saturated carbocycles. The maximum Gasteiger partial charge on any atom is 0.321 e. The summed E-state index contributed by atoms with van der Waals surface area (Å²) in [6.45, 7) is 6.09. The normalized spacial score (nSPS) is 14.4. The topological polar surface area (TPSA) is 68.4 Å². The molecule has 0 unspecified atom stereocenters. The van der Waals surface area contributed by atoms with Crippen LogP contribution in [-0.2, 0) is 11.2 Å². The zero-order chi connectivity index (χ0) is 18.7. The van der Waals surface area contributed by atoms with Gasteiger partial charge < -0.3 is 20.1 Å². The monoisotopic (exact) mass is 374 g/mol. The van der Waals surface area contributed by atoms with Crippen LogP contribution in [0.4, 0.5) is 10.5 Å². The van der Waals surface area contributed by atoms with Gasteiger partial charge in [0.2, 0.25) is 5.91 Å². The standard InChI is InChI=1S/C19H23ClN4O2/c1-13-10-15(14(2)21-13)11-18(25)23-6-8-24(9-7-23)19(26)22-17-5-3-4-16(20)12-17/h3-5,10,12,21H,6-9,11H2,1-2H3,(H,22,26). The number of anilines is 1. The zero-order valence-electron chi connectivity index (χ0n) is 15.0. The zero-order valence-corrected chi connectivity index (χ0v) is 15.8. The van der Waals surface area contributed by atoms with Crippen molar-refractivity contribution in [1.29, 1.82) is 0 Å². The number of amides is 3. The predicted molar refractivity (Wildman–Crippen MR) is 103 cm³/mol. The molecule has 0 atom stereocenters. The highest BCUT2D eigenvalue weighted by Crippen LogP contribution is 2.16. The van der Waals surface area contributed by atoms with E-state index in [4.69, 9.17) is 11.6 Å². The molecule has 6 nitrogen and oxygen atoms in total. The summed E-state index contributed by atoms with van der Waals surface area (Å²) in [5, 5.41) is 3.42. The number of nitrogens with one attached hydrogen (secondary N) is 2. The van der Waals surface area contributed by atoms with Crippen LogP contribution < -0.4 is 5.32 Å². The highest BCUT2D eigenvalue weighted by Gasteiger charge is 2.24. The van der Waals surface area contributed by atoms with Gasteiger partial charge in [0.1, 0.15) is 0 Å². The minimum atomic E-state index is -0.170. The Morgan fingerprint density at radius 1 is 1.12 bits per heavy atom. The molecule has 0 spiro atoms. The van der Waals surface area contributed by atoms with Gasteiger partial charge in [-0.15, -0.1) is 0 Å². The summed E-state index contributed by atoms with van der Waals surface area (Å²) in [5.74, 6) is 0.0991. The number of carbonyl (C=O) groups is 2. The number of benzene rings is 1. The first-order valence-electron chi connectivity index (χ1n) is 8.67. The van der Waals surface area contributed by atoms with Crippen molar-refractivity contribution in [2.45, 2.75) is 20.3 Å². The maximum atomic E-state index is 12.5. The molecule has 3 amide bonds. The first kappa shape index (κ1) is 18.3. The van der Waals surface area contributed by atoms with Gasteiger partial charge in [-0.25, -0.2) is 4.79 Å². The number of nitrogens with zero attached hydrogens (tertiary/aromatic N) is 2. The Kier molecular flexibility index (Phi) is 5.52. The molecular weight excluding hydrogens is 352 g/mol. The first-order valence-corrected chi connectivity index (χ1v) is 9.04. The molecule has 26 heavy (non-hydrogen) atoms. The lowest BCUT2D eigenvalue weighted by molar-refractivity contribution is -0.131. The lowest BCUT2D eigenvalue weighted by Gasteiger charge is -2.34. The Morgan fingerprint density at radius 2 is 1.81 bits per heavy atom. The van der Waals surface area contributed by atoms with E-state index < -0.39 is 0 Å². The molecule has 138 valence electrons. The maximum absolute atomic E-state index is 12.5. The number of urea groups is 1. The molecule has 0 aliphatic carbocycles. The summed E-state index contributed by atoms with van der Waals surface area (Å²) in [6.07, 6.45) is 0.394. The van der Waals surface area contributed by atoms with Crippen LogP contribution in [-0.4, -0.2) is 52.9 Å². The van der Waals surface area contributed by atoms with E-state index in [2.05, 4.69) is 10.3 Å². The summed E-state index contributed by atoms with van der Waals surface area (Å²) >= 11 is 5.94. The van der Waals surface area contributed by atoms with Crippen LogP contribution >= 0.6 is 11.6 Å². The number of hydrogen-bond donors (Lipinski definition) is 2. The highest BCUT2D eigenvalue weighted by atomic mass is 35.5. The van der Waals surface area contributed by atoms with E-state index in [-0.39, 0.29) is 11.9 Å². The van der Waals surface area contributed by atoms with Gasteiger partial charge in [0.05, 0.1) is 6.42 Å². The summed E-state index contributed by atoms with van der Waals surface area (Å²) < 4.78 is 0. The minimum absolute atomic E-state index is 0.0991. The number of aromatic amines is 1. The lowest BCUT2D eigenvalue weighted by Crippen LogP contribution is -2.52. The van der Waals surface area contributed by atoms with Gasteiger partial charge in [-0.2, -0.15) is 0 Å². The molecule has 7 heteroatoms. The second-order valence-corrected chi connectivity index (χ2v) is 7.02. The largest absolute Gasteiger partial charge is 0.362 e. The summed E-state index contributed by atoms with van der Waals surface area (Å²) in [6, 6.07) is 8.90. The van der Waals surface area contributed by atoms with Crippen molar-refractivity contribution in [3.8, 4) is 0 Å². The molecule has 2 aromatic rings. The van der Waals surface area contributed by atoms with E-state index in [0.717, 1.165) is 17.0 Å². The Morgan fingerprint density at radius 3 is 2.42 bits per heavy atom. The number of aryl methyl sites for hydroxylation is 2. The molecule has 1 aromatic carbocycles.